The van der Waals surface area contributed by atoms with Gasteiger partial charge < -0.3 is 9.84 Å². The summed E-state index contributed by atoms with van der Waals surface area (Å²) in [6.07, 6.45) is 1.10. The van der Waals surface area contributed by atoms with Crippen molar-refractivity contribution in [3.8, 4) is 11.4 Å². The smallest absolute Gasteiger partial charge is 0.244 e. The molecule has 2 aromatic rings. The van der Waals surface area contributed by atoms with E-state index in [2.05, 4.69) is 38.3 Å². The van der Waals surface area contributed by atoms with Gasteiger partial charge >= 0.3 is 0 Å². The van der Waals surface area contributed by atoms with Gasteiger partial charge in [0.05, 0.1) is 10.5 Å². The van der Waals surface area contributed by atoms with E-state index >= 15 is 0 Å². The SMILES string of the molecule is CC1CCNC1c1nc(-c2ccc(F)c(Br)c2)no1. The fourth-order valence-electron chi connectivity index (χ4n) is 2.28. The largest absolute Gasteiger partial charge is 0.337 e. The zero-order valence-corrected chi connectivity index (χ0v) is 11.9. The molecule has 100 valence electrons. The Morgan fingerprint density at radius 3 is 3.00 bits per heavy atom. The van der Waals surface area contributed by atoms with Crippen molar-refractivity contribution in [3.63, 3.8) is 0 Å². The van der Waals surface area contributed by atoms with Crippen LogP contribution in [0.5, 0.6) is 0 Å². The minimum atomic E-state index is -0.307. The predicted octanol–water partition coefficient (Wildman–Crippen LogP) is 3.31. The molecule has 3 rings (SSSR count). The summed E-state index contributed by atoms with van der Waals surface area (Å²) in [7, 11) is 0. The van der Waals surface area contributed by atoms with Crippen LogP contribution in [0.1, 0.15) is 25.3 Å². The molecule has 0 amide bonds. The quantitative estimate of drug-likeness (QED) is 0.920. The molecule has 0 radical (unpaired) electrons. The molecule has 1 aromatic heterocycles. The van der Waals surface area contributed by atoms with Crippen molar-refractivity contribution in [3.05, 3.63) is 34.4 Å². The lowest BCUT2D eigenvalue weighted by atomic mass is 10.0. The number of hydrogen-bond acceptors (Lipinski definition) is 4. The molecule has 1 fully saturated rings. The van der Waals surface area contributed by atoms with Crippen LogP contribution in [0, 0.1) is 11.7 Å². The molecule has 1 N–H and O–H groups in total. The number of rotatable bonds is 2. The van der Waals surface area contributed by atoms with E-state index in [1.54, 1.807) is 12.1 Å². The lowest BCUT2D eigenvalue weighted by Crippen LogP contribution is -2.16. The summed E-state index contributed by atoms with van der Waals surface area (Å²) in [6.45, 7) is 3.12. The number of benzene rings is 1. The van der Waals surface area contributed by atoms with Crippen LogP contribution in [0.15, 0.2) is 27.2 Å². The first-order valence-electron chi connectivity index (χ1n) is 6.17. The molecule has 6 heteroatoms. The number of nitrogens with one attached hydrogen (secondary N) is 1. The van der Waals surface area contributed by atoms with Crippen LogP contribution in [-0.2, 0) is 0 Å². The average molecular weight is 326 g/mol. The summed E-state index contributed by atoms with van der Waals surface area (Å²) in [5.74, 6) is 1.25. The number of aromatic nitrogens is 2. The molecular formula is C13H13BrFN3O. The van der Waals surface area contributed by atoms with Crippen molar-refractivity contribution in [1.29, 1.82) is 0 Å². The second kappa shape index (κ2) is 5.02. The highest BCUT2D eigenvalue weighted by molar-refractivity contribution is 9.10. The van der Waals surface area contributed by atoms with Crippen molar-refractivity contribution in [1.82, 2.24) is 15.5 Å². The van der Waals surface area contributed by atoms with Crippen molar-refractivity contribution >= 4 is 15.9 Å². The lowest BCUT2D eigenvalue weighted by Gasteiger charge is -2.09. The topological polar surface area (TPSA) is 51.0 Å². The summed E-state index contributed by atoms with van der Waals surface area (Å²) in [4.78, 5) is 4.40. The summed E-state index contributed by atoms with van der Waals surface area (Å²) in [5, 5.41) is 7.31. The first kappa shape index (κ1) is 12.7. The third-order valence-corrected chi connectivity index (χ3v) is 4.03. The molecule has 1 aliphatic rings. The number of hydrogen-bond donors (Lipinski definition) is 1. The van der Waals surface area contributed by atoms with E-state index in [-0.39, 0.29) is 11.9 Å². The van der Waals surface area contributed by atoms with Gasteiger partial charge in [0.25, 0.3) is 0 Å². The maximum absolute atomic E-state index is 13.2. The van der Waals surface area contributed by atoms with Crippen LogP contribution >= 0.6 is 15.9 Å². The Hall–Kier alpha value is -1.27. The minimum absolute atomic E-state index is 0.116. The molecule has 0 saturated carbocycles. The Bertz CT molecular complexity index is 601. The van der Waals surface area contributed by atoms with E-state index in [0.29, 0.717) is 22.1 Å². The Morgan fingerprint density at radius 1 is 1.47 bits per heavy atom. The first-order chi connectivity index (χ1) is 9.15. The van der Waals surface area contributed by atoms with Gasteiger partial charge in [0, 0.05) is 5.56 Å². The summed E-state index contributed by atoms with van der Waals surface area (Å²) < 4.78 is 18.9. The van der Waals surface area contributed by atoms with Crippen molar-refractivity contribution < 1.29 is 8.91 Å². The second-order valence-electron chi connectivity index (χ2n) is 4.78. The van der Waals surface area contributed by atoms with Crippen LogP contribution in [0.4, 0.5) is 4.39 Å². The average Bonchev–Trinajstić information content (AvgIpc) is 3.01. The van der Waals surface area contributed by atoms with Gasteiger partial charge in [0.15, 0.2) is 0 Å². The minimum Gasteiger partial charge on any atom is -0.337 e. The molecule has 4 nitrogen and oxygen atoms in total. The van der Waals surface area contributed by atoms with Gasteiger partial charge in [-0.15, -0.1) is 0 Å². The third-order valence-electron chi connectivity index (χ3n) is 3.42. The van der Waals surface area contributed by atoms with E-state index in [9.17, 15) is 4.39 Å². The molecule has 2 atom stereocenters. The van der Waals surface area contributed by atoms with E-state index in [0.717, 1.165) is 18.5 Å². The fourth-order valence-corrected chi connectivity index (χ4v) is 2.66. The van der Waals surface area contributed by atoms with Gasteiger partial charge in [-0.1, -0.05) is 12.1 Å². The molecule has 0 aliphatic carbocycles. The van der Waals surface area contributed by atoms with Crippen molar-refractivity contribution in [2.45, 2.75) is 19.4 Å². The molecule has 1 aliphatic heterocycles. The van der Waals surface area contributed by atoms with Crippen LogP contribution in [-0.4, -0.2) is 16.7 Å². The molecule has 2 heterocycles. The molecule has 0 spiro atoms. The van der Waals surface area contributed by atoms with Crippen LogP contribution in [0.2, 0.25) is 0 Å². The highest BCUT2D eigenvalue weighted by Gasteiger charge is 2.29. The Kier molecular flexibility index (Phi) is 3.36. The summed E-state index contributed by atoms with van der Waals surface area (Å²) in [6, 6.07) is 4.78. The van der Waals surface area contributed by atoms with Gasteiger partial charge in [-0.2, -0.15) is 4.98 Å². The van der Waals surface area contributed by atoms with E-state index in [4.69, 9.17) is 4.52 Å². The lowest BCUT2D eigenvalue weighted by molar-refractivity contribution is 0.319. The number of halogens is 2. The predicted molar refractivity (Wildman–Crippen MR) is 71.9 cm³/mol. The normalized spacial score (nSPS) is 22.9. The second-order valence-corrected chi connectivity index (χ2v) is 5.64. The Morgan fingerprint density at radius 2 is 2.32 bits per heavy atom. The van der Waals surface area contributed by atoms with E-state index in [1.165, 1.54) is 6.07 Å². The molecule has 2 unspecified atom stereocenters. The molecule has 1 aromatic carbocycles. The number of nitrogens with zero attached hydrogens (tertiary/aromatic N) is 2. The highest BCUT2D eigenvalue weighted by Crippen LogP contribution is 2.30. The van der Waals surface area contributed by atoms with Crippen LogP contribution in [0.25, 0.3) is 11.4 Å². The van der Waals surface area contributed by atoms with E-state index in [1.807, 2.05) is 0 Å². The van der Waals surface area contributed by atoms with Crippen LogP contribution < -0.4 is 5.32 Å². The highest BCUT2D eigenvalue weighted by atomic mass is 79.9. The fraction of sp³-hybridized carbons (Fsp3) is 0.385. The van der Waals surface area contributed by atoms with Crippen molar-refractivity contribution in [2.75, 3.05) is 6.54 Å². The van der Waals surface area contributed by atoms with Crippen molar-refractivity contribution in [2.24, 2.45) is 5.92 Å². The maximum Gasteiger partial charge on any atom is 0.244 e. The van der Waals surface area contributed by atoms with Gasteiger partial charge in [-0.25, -0.2) is 4.39 Å². The zero-order valence-electron chi connectivity index (χ0n) is 10.4. The summed E-state index contributed by atoms with van der Waals surface area (Å²) in [5.41, 5.74) is 0.730. The first-order valence-corrected chi connectivity index (χ1v) is 6.97. The molecule has 19 heavy (non-hydrogen) atoms. The van der Waals surface area contributed by atoms with Gasteiger partial charge in [0.2, 0.25) is 11.7 Å². The Labute approximate surface area is 118 Å². The third kappa shape index (κ3) is 2.42. The zero-order chi connectivity index (χ0) is 13.4. The maximum atomic E-state index is 13.2. The van der Waals surface area contributed by atoms with Gasteiger partial charge in [-0.3, -0.25) is 0 Å². The van der Waals surface area contributed by atoms with E-state index < -0.39 is 0 Å². The standard InChI is InChI=1S/C13H13BrFN3O/c1-7-4-5-16-11(7)13-17-12(18-19-13)8-2-3-10(15)9(14)6-8/h2-3,6-7,11,16H,4-5H2,1H3. The Balaban J connectivity index is 1.90. The molecular weight excluding hydrogens is 313 g/mol. The monoisotopic (exact) mass is 325 g/mol. The van der Waals surface area contributed by atoms with Gasteiger partial charge in [0.1, 0.15) is 5.82 Å². The summed E-state index contributed by atoms with van der Waals surface area (Å²) >= 11 is 3.15. The molecule has 1 saturated heterocycles. The molecule has 0 bridgehead atoms. The van der Waals surface area contributed by atoms with Gasteiger partial charge in [-0.05, 0) is 53.0 Å². The van der Waals surface area contributed by atoms with Crippen LogP contribution in [0.3, 0.4) is 0 Å².